The normalized spacial score (nSPS) is 16.8. The van der Waals surface area contributed by atoms with Crippen LogP contribution in [0, 0.1) is 15.9 Å². The van der Waals surface area contributed by atoms with Crippen LogP contribution in [0.25, 0.3) is 0 Å². The maximum Gasteiger partial charge on any atom is 0.270 e. The maximum absolute atomic E-state index is 13.1. The highest BCUT2D eigenvalue weighted by atomic mass is 32.2. The van der Waals surface area contributed by atoms with E-state index in [4.69, 9.17) is 0 Å². The predicted molar refractivity (Wildman–Crippen MR) is 110 cm³/mol. The third kappa shape index (κ3) is 4.07. The molecular formula is C20H17FN4O7S. The SMILES string of the molecule is O=C(CN1C(=O)c2ccc([N+](=O)[O-])cc2C1=O)N1CCN(S(=O)(=O)c2ccc(F)cc2)CC1. The third-order valence-electron chi connectivity index (χ3n) is 5.50. The first kappa shape index (κ1) is 22.5. The first-order valence-corrected chi connectivity index (χ1v) is 11.2. The van der Waals surface area contributed by atoms with Crippen molar-refractivity contribution in [3.8, 4) is 0 Å². The van der Waals surface area contributed by atoms with Gasteiger partial charge in [-0.15, -0.1) is 0 Å². The van der Waals surface area contributed by atoms with E-state index in [1.54, 1.807) is 0 Å². The van der Waals surface area contributed by atoms with Crippen LogP contribution in [0.1, 0.15) is 20.7 Å². The van der Waals surface area contributed by atoms with Crippen LogP contribution < -0.4 is 0 Å². The molecule has 0 radical (unpaired) electrons. The quantitative estimate of drug-likeness (QED) is 0.354. The van der Waals surface area contributed by atoms with Gasteiger partial charge >= 0.3 is 0 Å². The molecule has 2 aliphatic heterocycles. The van der Waals surface area contributed by atoms with Gasteiger partial charge in [0.25, 0.3) is 17.5 Å². The number of nitro groups is 1. The van der Waals surface area contributed by atoms with E-state index in [9.17, 15) is 37.3 Å². The van der Waals surface area contributed by atoms with Crippen molar-refractivity contribution in [2.45, 2.75) is 4.90 Å². The molecule has 13 heteroatoms. The molecule has 4 rings (SSSR count). The number of nitro benzene ring substituents is 1. The molecule has 0 aliphatic carbocycles. The lowest BCUT2D eigenvalue weighted by molar-refractivity contribution is -0.384. The molecule has 11 nitrogen and oxygen atoms in total. The molecule has 0 unspecified atom stereocenters. The molecule has 2 aromatic rings. The molecule has 0 spiro atoms. The number of carbonyl (C=O) groups is 3. The van der Waals surface area contributed by atoms with Gasteiger partial charge in [-0.3, -0.25) is 29.4 Å². The second-order valence-corrected chi connectivity index (χ2v) is 9.36. The van der Waals surface area contributed by atoms with Gasteiger partial charge in [-0.2, -0.15) is 4.31 Å². The van der Waals surface area contributed by atoms with Gasteiger partial charge in [0.2, 0.25) is 15.9 Å². The van der Waals surface area contributed by atoms with E-state index >= 15 is 0 Å². The molecule has 0 saturated carbocycles. The van der Waals surface area contributed by atoms with E-state index in [-0.39, 0.29) is 47.9 Å². The highest BCUT2D eigenvalue weighted by molar-refractivity contribution is 7.89. The van der Waals surface area contributed by atoms with Crippen molar-refractivity contribution >= 4 is 33.4 Å². The molecule has 1 saturated heterocycles. The Morgan fingerprint density at radius 2 is 1.58 bits per heavy atom. The predicted octanol–water partition coefficient (Wildman–Crippen LogP) is 0.863. The average Bonchev–Trinajstić information content (AvgIpc) is 3.03. The molecule has 2 aliphatic rings. The fraction of sp³-hybridized carbons (Fsp3) is 0.250. The van der Waals surface area contributed by atoms with Crippen molar-refractivity contribution in [1.82, 2.24) is 14.1 Å². The van der Waals surface area contributed by atoms with Crippen molar-refractivity contribution in [3.63, 3.8) is 0 Å². The molecule has 2 heterocycles. The molecule has 2 aromatic carbocycles. The minimum Gasteiger partial charge on any atom is -0.338 e. The Labute approximate surface area is 187 Å². The number of non-ortho nitro benzene ring substituents is 1. The first-order valence-electron chi connectivity index (χ1n) is 9.78. The smallest absolute Gasteiger partial charge is 0.270 e. The van der Waals surface area contributed by atoms with E-state index in [1.165, 1.54) is 15.3 Å². The number of hydrogen-bond donors (Lipinski definition) is 0. The number of benzene rings is 2. The van der Waals surface area contributed by atoms with E-state index in [1.807, 2.05) is 0 Å². The molecule has 0 atom stereocenters. The molecule has 0 aromatic heterocycles. The standard InChI is InChI=1S/C20H17FN4O7S/c21-13-1-4-15(5-2-13)33(31,32)23-9-7-22(8-10-23)18(26)12-24-19(27)16-6-3-14(25(29)30)11-17(16)20(24)28/h1-6,11H,7-10,12H2. The van der Waals surface area contributed by atoms with Crippen LogP contribution in [0.5, 0.6) is 0 Å². The Balaban J connectivity index is 1.40. The summed E-state index contributed by atoms with van der Waals surface area (Å²) in [5.41, 5.74) is -0.507. The van der Waals surface area contributed by atoms with Crippen LogP contribution >= 0.6 is 0 Å². The molecule has 0 N–H and O–H groups in total. The summed E-state index contributed by atoms with van der Waals surface area (Å²) in [6, 6.07) is 7.70. The van der Waals surface area contributed by atoms with Crippen molar-refractivity contribution in [3.05, 3.63) is 69.5 Å². The Morgan fingerprint density at radius 3 is 2.18 bits per heavy atom. The van der Waals surface area contributed by atoms with Gasteiger partial charge in [-0.1, -0.05) is 0 Å². The fourth-order valence-electron chi connectivity index (χ4n) is 3.70. The second kappa shape index (κ2) is 8.33. The minimum atomic E-state index is -3.86. The topological polar surface area (TPSA) is 138 Å². The van der Waals surface area contributed by atoms with Crippen LogP contribution in [0.2, 0.25) is 0 Å². The van der Waals surface area contributed by atoms with Crippen LogP contribution in [-0.2, 0) is 14.8 Å². The Bertz CT molecular complexity index is 1270. The van der Waals surface area contributed by atoms with Crippen LogP contribution in [-0.4, -0.2) is 77.9 Å². The first-order chi connectivity index (χ1) is 15.6. The minimum absolute atomic E-state index is 0.0141. The zero-order valence-corrected chi connectivity index (χ0v) is 17.8. The van der Waals surface area contributed by atoms with Crippen molar-refractivity contribution in [2.24, 2.45) is 0 Å². The van der Waals surface area contributed by atoms with Crippen LogP contribution in [0.4, 0.5) is 10.1 Å². The summed E-state index contributed by atoms with van der Waals surface area (Å²) in [5, 5.41) is 10.9. The number of piperazine rings is 1. The second-order valence-electron chi connectivity index (χ2n) is 7.42. The highest BCUT2D eigenvalue weighted by Crippen LogP contribution is 2.27. The summed E-state index contributed by atoms with van der Waals surface area (Å²) in [7, 11) is -3.86. The summed E-state index contributed by atoms with van der Waals surface area (Å²) in [6.07, 6.45) is 0. The number of fused-ring (bicyclic) bond motifs is 1. The Kier molecular flexibility index (Phi) is 5.68. The van der Waals surface area contributed by atoms with Gasteiger partial charge in [0, 0.05) is 38.3 Å². The van der Waals surface area contributed by atoms with Gasteiger partial charge in [0.1, 0.15) is 12.4 Å². The summed E-state index contributed by atoms with van der Waals surface area (Å²) in [6.45, 7) is -0.522. The number of halogens is 1. The lowest BCUT2D eigenvalue weighted by Gasteiger charge is -2.34. The van der Waals surface area contributed by atoms with Gasteiger partial charge in [-0.25, -0.2) is 12.8 Å². The third-order valence-corrected chi connectivity index (χ3v) is 7.41. The maximum atomic E-state index is 13.1. The molecule has 1 fully saturated rings. The van der Waals surface area contributed by atoms with Crippen LogP contribution in [0.3, 0.4) is 0 Å². The van der Waals surface area contributed by atoms with Crippen LogP contribution in [0.15, 0.2) is 47.4 Å². The van der Waals surface area contributed by atoms with Crippen molar-refractivity contribution in [2.75, 3.05) is 32.7 Å². The molecular weight excluding hydrogens is 459 g/mol. The summed E-state index contributed by atoms with van der Waals surface area (Å²) in [5.74, 6) is -2.65. The Morgan fingerprint density at radius 1 is 0.970 bits per heavy atom. The zero-order chi connectivity index (χ0) is 23.9. The van der Waals surface area contributed by atoms with Gasteiger partial charge in [0.05, 0.1) is 20.9 Å². The number of hydrogen-bond acceptors (Lipinski definition) is 7. The highest BCUT2D eigenvalue weighted by Gasteiger charge is 2.39. The van der Waals surface area contributed by atoms with Crippen molar-refractivity contribution < 1.29 is 32.1 Å². The monoisotopic (exact) mass is 476 g/mol. The molecule has 3 amide bonds. The lowest BCUT2D eigenvalue weighted by Crippen LogP contribution is -2.53. The van der Waals surface area contributed by atoms with E-state index in [0.717, 1.165) is 41.3 Å². The van der Waals surface area contributed by atoms with Gasteiger partial charge in [0.15, 0.2) is 0 Å². The largest absolute Gasteiger partial charge is 0.338 e. The number of rotatable bonds is 5. The van der Waals surface area contributed by atoms with E-state index < -0.39 is 45.0 Å². The Hall–Kier alpha value is -3.71. The number of amides is 3. The zero-order valence-electron chi connectivity index (χ0n) is 17.0. The molecule has 0 bridgehead atoms. The molecule has 33 heavy (non-hydrogen) atoms. The summed E-state index contributed by atoms with van der Waals surface area (Å²) in [4.78, 5) is 50.0. The number of imide groups is 1. The van der Waals surface area contributed by atoms with E-state index in [2.05, 4.69) is 0 Å². The number of nitrogens with zero attached hydrogens (tertiary/aromatic N) is 4. The van der Waals surface area contributed by atoms with Gasteiger partial charge in [-0.05, 0) is 30.3 Å². The lowest BCUT2D eigenvalue weighted by atomic mass is 10.1. The summed E-state index contributed by atoms with van der Waals surface area (Å²) < 4.78 is 39.6. The number of sulfonamides is 1. The van der Waals surface area contributed by atoms with Crippen molar-refractivity contribution in [1.29, 1.82) is 0 Å². The summed E-state index contributed by atoms with van der Waals surface area (Å²) >= 11 is 0. The average molecular weight is 476 g/mol. The molecule has 172 valence electrons. The fourth-order valence-corrected chi connectivity index (χ4v) is 5.13. The number of carbonyl (C=O) groups excluding carboxylic acids is 3. The van der Waals surface area contributed by atoms with Gasteiger partial charge < -0.3 is 4.90 Å². The van der Waals surface area contributed by atoms with E-state index in [0.29, 0.717) is 0 Å².